The lowest BCUT2D eigenvalue weighted by atomic mass is 9.75. The number of hydrogen-bond donors (Lipinski definition) is 1. The molecule has 1 aliphatic heterocycles. The molecule has 0 saturated carbocycles. The molecule has 6 heteroatoms. The fraction of sp³-hybridized carbons (Fsp3) is 0.375. The van der Waals surface area contributed by atoms with E-state index in [2.05, 4.69) is 14.5 Å². The van der Waals surface area contributed by atoms with E-state index in [9.17, 15) is 9.50 Å². The zero-order valence-electron chi connectivity index (χ0n) is 17.3. The SMILES string of the molecule is COc1ccc(-n2ccnc2CN2CCC[C@@](CO)(Cc3ccc(F)cc3)C2)cc1. The number of aliphatic hydroxyl groups excluding tert-OH is 1. The molecule has 1 N–H and O–H groups in total. The average molecular weight is 410 g/mol. The Labute approximate surface area is 176 Å². The van der Waals surface area contributed by atoms with Crippen LogP contribution in [0.15, 0.2) is 60.9 Å². The Bertz CT molecular complexity index is 955. The van der Waals surface area contributed by atoms with Crippen LogP contribution >= 0.6 is 0 Å². The van der Waals surface area contributed by atoms with Gasteiger partial charge in [-0.1, -0.05) is 12.1 Å². The van der Waals surface area contributed by atoms with Crippen molar-refractivity contribution in [2.24, 2.45) is 5.41 Å². The molecule has 1 atom stereocenters. The van der Waals surface area contributed by atoms with Gasteiger partial charge in [0, 0.05) is 30.0 Å². The normalized spacial score (nSPS) is 19.7. The van der Waals surface area contributed by atoms with Crippen LogP contribution in [0.4, 0.5) is 4.39 Å². The van der Waals surface area contributed by atoms with Crippen LogP contribution in [0.2, 0.25) is 0 Å². The maximum atomic E-state index is 13.3. The van der Waals surface area contributed by atoms with Crippen molar-refractivity contribution in [3.8, 4) is 11.4 Å². The van der Waals surface area contributed by atoms with E-state index >= 15 is 0 Å². The Morgan fingerprint density at radius 3 is 2.60 bits per heavy atom. The van der Waals surface area contributed by atoms with Gasteiger partial charge in [-0.25, -0.2) is 9.37 Å². The number of aliphatic hydroxyl groups is 1. The highest BCUT2D eigenvalue weighted by Crippen LogP contribution is 2.34. The number of imidazole rings is 1. The Morgan fingerprint density at radius 2 is 1.90 bits per heavy atom. The van der Waals surface area contributed by atoms with E-state index in [1.165, 1.54) is 12.1 Å². The molecule has 0 spiro atoms. The minimum Gasteiger partial charge on any atom is -0.497 e. The predicted molar refractivity (Wildman–Crippen MR) is 114 cm³/mol. The van der Waals surface area contributed by atoms with Gasteiger partial charge in [0.1, 0.15) is 17.4 Å². The number of halogens is 1. The van der Waals surface area contributed by atoms with E-state index in [-0.39, 0.29) is 17.8 Å². The molecule has 0 radical (unpaired) electrons. The molecule has 3 aromatic rings. The Balaban J connectivity index is 1.48. The summed E-state index contributed by atoms with van der Waals surface area (Å²) in [5, 5.41) is 10.2. The van der Waals surface area contributed by atoms with Gasteiger partial charge in [0.15, 0.2) is 0 Å². The van der Waals surface area contributed by atoms with Crippen molar-refractivity contribution in [3.05, 3.63) is 78.1 Å². The molecule has 0 unspecified atom stereocenters. The van der Waals surface area contributed by atoms with Crippen LogP contribution in [0.25, 0.3) is 5.69 Å². The van der Waals surface area contributed by atoms with Crippen molar-refractivity contribution in [1.82, 2.24) is 14.5 Å². The standard InChI is InChI=1S/C24H28FN3O2/c1-30-22-9-7-21(8-10-22)28-14-12-26-23(28)16-27-13-2-11-24(17-27,18-29)15-19-3-5-20(25)6-4-19/h3-10,12,14,29H,2,11,13,15-18H2,1H3/t24-/m1/s1. The molecular weight excluding hydrogens is 381 g/mol. The molecule has 1 saturated heterocycles. The third-order valence-corrected chi connectivity index (χ3v) is 6.00. The summed E-state index contributed by atoms with van der Waals surface area (Å²) >= 11 is 0. The molecule has 1 aliphatic rings. The first-order chi connectivity index (χ1) is 14.6. The number of ether oxygens (including phenoxy) is 1. The highest BCUT2D eigenvalue weighted by atomic mass is 19.1. The van der Waals surface area contributed by atoms with Gasteiger partial charge in [0.25, 0.3) is 0 Å². The van der Waals surface area contributed by atoms with Crippen LogP contribution in [-0.2, 0) is 13.0 Å². The summed E-state index contributed by atoms with van der Waals surface area (Å²) in [6.45, 7) is 2.59. The highest BCUT2D eigenvalue weighted by molar-refractivity contribution is 5.38. The maximum Gasteiger partial charge on any atom is 0.127 e. The zero-order chi connectivity index (χ0) is 21.0. The van der Waals surface area contributed by atoms with Gasteiger partial charge in [0.2, 0.25) is 0 Å². The van der Waals surface area contributed by atoms with Gasteiger partial charge in [0.05, 0.1) is 20.3 Å². The Kier molecular flexibility index (Phi) is 6.16. The molecule has 1 fully saturated rings. The molecular formula is C24H28FN3O2. The molecule has 30 heavy (non-hydrogen) atoms. The molecule has 158 valence electrons. The maximum absolute atomic E-state index is 13.3. The van der Waals surface area contributed by atoms with Crippen LogP contribution < -0.4 is 4.74 Å². The van der Waals surface area contributed by atoms with Gasteiger partial charge < -0.3 is 14.4 Å². The quantitative estimate of drug-likeness (QED) is 0.644. The first-order valence-electron chi connectivity index (χ1n) is 10.4. The number of methoxy groups -OCH3 is 1. The second-order valence-corrected chi connectivity index (χ2v) is 8.19. The van der Waals surface area contributed by atoms with E-state index in [0.717, 1.165) is 55.2 Å². The number of hydrogen-bond acceptors (Lipinski definition) is 4. The number of likely N-dealkylation sites (tertiary alicyclic amines) is 1. The van der Waals surface area contributed by atoms with E-state index in [1.807, 2.05) is 48.8 Å². The van der Waals surface area contributed by atoms with E-state index < -0.39 is 0 Å². The highest BCUT2D eigenvalue weighted by Gasteiger charge is 2.35. The molecule has 2 heterocycles. The summed E-state index contributed by atoms with van der Waals surface area (Å²) in [6, 6.07) is 14.6. The summed E-state index contributed by atoms with van der Waals surface area (Å²) < 4.78 is 20.6. The second kappa shape index (κ2) is 8.98. The topological polar surface area (TPSA) is 50.5 Å². The third-order valence-electron chi connectivity index (χ3n) is 6.00. The van der Waals surface area contributed by atoms with Crippen LogP contribution in [0.1, 0.15) is 24.2 Å². The van der Waals surface area contributed by atoms with E-state index in [4.69, 9.17) is 4.74 Å². The van der Waals surface area contributed by atoms with Crippen molar-refractivity contribution < 1.29 is 14.2 Å². The van der Waals surface area contributed by atoms with E-state index in [1.54, 1.807) is 7.11 Å². The summed E-state index contributed by atoms with van der Waals surface area (Å²) in [5.41, 5.74) is 1.89. The van der Waals surface area contributed by atoms with Gasteiger partial charge in [-0.3, -0.25) is 4.90 Å². The fourth-order valence-corrected chi connectivity index (χ4v) is 4.44. The second-order valence-electron chi connectivity index (χ2n) is 8.19. The van der Waals surface area contributed by atoms with Crippen molar-refractivity contribution in [1.29, 1.82) is 0 Å². The Morgan fingerprint density at radius 1 is 1.13 bits per heavy atom. The van der Waals surface area contributed by atoms with Crippen molar-refractivity contribution in [2.75, 3.05) is 26.8 Å². The van der Waals surface area contributed by atoms with Crippen molar-refractivity contribution >= 4 is 0 Å². The number of benzene rings is 2. The van der Waals surface area contributed by atoms with Crippen LogP contribution in [-0.4, -0.2) is 46.4 Å². The first-order valence-corrected chi connectivity index (χ1v) is 10.4. The molecule has 2 aromatic carbocycles. The van der Waals surface area contributed by atoms with Crippen LogP contribution in [0.5, 0.6) is 5.75 Å². The zero-order valence-corrected chi connectivity index (χ0v) is 17.3. The summed E-state index contributed by atoms with van der Waals surface area (Å²) in [4.78, 5) is 6.95. The predicted octanol–water partition coefficient (Wildman–Crippen LogP) is 3.84. The van der Waals surface area contributed by atoms with Crippen molar-refractivity contribution in [2.45, 2.75) is 25.8 Å². The number of aromatic nitrogens is 2. The summed E-state index contributed by atoms with van der Waals surface area (Å²) in [5.74, 6) is 1.56. The number of rotatable bonds is 7. The van der Waals surface area contributed by atoms with Crippen LogP contribution in [0, 0.1) is 11.2 Å². The van der Waals surface area contributed by atoms with Gasteiger partial charge >= 0.3 is 0 Å². The molecule has 0 bridgehead atoms. The smallest absolute Gasteiger partial charge is 0.127 e. The molecule has 4 rings (SSSR count). The lowest BCUT2D eigenvalue weighted by Crippen LogP contribution is -2.46. The van der Waals surface area contributed by atoms with Gasteiger partial charge in [-0.05, 0) is 67.8 Å². The lowest BCUT2D eigenvalue weighted by molar-refractivity contribution is 0.0276. The largest absolute Gasteiger partial charge is 0.497 e. The molecule has 1 aromatic heterocycles. The molecule has 0 amide bonds. The minimum absolute atomic E-state index is 0.119. The Hall–Kier alpha value is -2.70. The summed E-state index contributed by atoms with van der Waals surface area (Å²) in [7, 11) is 1.66. The summed E-state index contributed by atoms with van der Waals surface area (Å²) in [6.07, 6.45) is 6.52. The third kappa shape index (κ3) is 4.55. The van der Waals surface area contributed by atoms with Crippen LogP contribution in [0.3, 0.4) is 0 Å². The molecule has 5 nitrogen and oxygen atoms in total. The fourth-order valence-electron chi connectivity index (χ4n) is 4.44. The average Bonchev–Trinajstić information content (AvgIpc) is 3.24. The molecule has 0 aliphatic carbocycles. The number of piperidine rings is 1. The number of nitrogens with zero attached hydrogens (tertiary/aromatic N) is 3. The lowest BCUT2D eigenvalue weighted by Gasteiger charge is -2.42. The van der Waals surface area contributed by atoms with Crippen molar-refractivity contribution in [3.63, 3.8) is 0 Å². The van der Waals surface area contributed by atoms with E-state index in [0.29, 0.717) is 6.54 Å². The monoisotopic (exact) mass is 409 g/mol. The van der Waals surface area contributed by atoms with Gasteiger partial charge in [-0.15, -0.1) is 0 Å². The van der Waals surface area contributed by atoms with Gasteiger partial charge in [-0.2, -0.15) is 0 Å². The minimum atomic E-state index is -0.229. The first kappa shape index (κ1) is 20.6.